The number of carboxylic acids is 1. The first-order valence-electron chi connectivity index (χ1n) is 11.7. The molecule has 3 rings (SSSR count). The molecule has 2 aromatic rings. The number of ether oxygens (including phenoxy) is 1. The van der Waals surface area contributed by atoms with E-state index in [1.54, 1.807) is 0 Å². The maximum absolute atomic E-state index is 12.7. The summed E-state index contributed by atoms with van der Waals surface area (Å²) in [7, 11) is 0. The fourth-order valence-electron chi connectivity index (χ4n) is 4.42. The van der Waals surface area contributed by atoms with Gasteiger partial charge in [0.2, 0.25) is 5.91 Å². The first kappa shape index (κ1) is 25.2. The zero-order chi connectivity index (χ0) is 24.7. The number of likely N-dealkylation sites (N-methyl/N-ethyl adjacent to an activating group) is 1. The van der Waals surface area contributed by atoms with Crippen molar-refractivity contribution in [2.45, 2.75) is 45.2 Å². The largest absolute Gasteiger partial charge is 0.481 e. The fourth-order valence-corrected chi connectivity index (χ4v) is 4.42. The Bertz CT molecular complexity index is 976. The van der Waals surface area contributed by atoms with Gasteiger partial charge in [-0.25, -0.2) is 4.79 Å². The molecule has 0 heterocycles. The van der Waals surface area contributed by atoms with Gasteiger partial charge in [0.25, 0.3) is 0 Å². The van der Waals surface area contributed by atoms with Crippen LogP contribution in [0.15, 0.2) is 48.5 Å². The Morgan fingerprint density at radius 2 is 1.53 bits per heavy atom. The Morgan fingerprint density at radius 3 is 2.06 bits per heavy atom. The number of fused-ring (bicyclic) bond motifs is 3. The van der Waals surface area contributed by atoms with Gasteiger partial charge in [-0.3, -0.25) is 9.59 Å². The molecule has 2 aromatic carbocycles. The van der Waals surface area contributed by atoms with Crippen molar-refractivity contribution >= 4 is 18.0 Å². The van der Waals surface area contributed by atoms with Gasteiger partial charge in [0, 0.05) is 18.5 Å². The van der Waals surface area contributed by atoms with E-state index >= 15 is 0 Å². The maximum Gasteiger partial charge on any atom is 0.407 e. The Hall–Kier alpha value is -3.39. The minimum atomic E-state index is -1.23. The second kappa shape index (κ2) is 11.7. The molecule has 0 aromatic heterocycles. The van der Waals surface area contributed by atoms with E-state index in [9.17, 15) is 19.5 Å². The molecule has 2 amide bonds. The summed E-state index contributed by atoms with van der Waals surface area (Å²) < 4.78 is 5.48. The molecule has 2 unspecified atom stereocenters. The maximum atomic E-state index is 12.7. The van der Waals surface area contributed by atoms with E-state index in [4.69, 9.17) is 4.74 Å². The van der Waals surface area contributed by atoms with E-state index in [0.29, 0.717) is 6.54 Å². The molecule has 8 nitrogen and oxygen atoms in total. The minimum Gasteiger partial charge on any atom is -0.481 e. The lowest BCUT2D eigenvalue weighted by Crippen LogP contribution is -2.52. The van der Waals surface area contributed by atoms with Gasteiger partial charge in [-0.2, -0.15) is 0 Å². The molecule has 0 aliphatic heterocycles. The van der Waals surface area contributed by atoms with Crippen molar-refractivity contribution in [3.63, 3.8) is 0 Å². The number of aliphatic carboxylic acids is 1. The molecule has 2 atom stereocenters. The molecule has 1 aliphatic carbocycles. The first-order valence-corrected chi connectivity index (χ1v) is 11.7. The second-order valence-electron chi connectivity index (χ2n) is 8.52. The quantitative estimate of drug-likeness (QED) is 0.468. The van der Waals surface area contributed by atoms with Crippen LogP contribution in [0.4, 0.5) is 4.79 Å². The molecule has 0 fully saturated rings. The average molecular weight is 468 g/mol. The molecule has 34 heavy (non-hydrogen) atoms. The lowest BCUT2D eigenvalue weighted by atomic mass is 9.98. The fraction of sp³-hybridized carbons (Fsp3) is 0.423. The van der Waals surface area contributed by atoms with Gasteiger partial charge < -0.3 is 25.4 Å². The summed E-state index contributed by atoms with van der Waals surface area (Å²) >= 11 is 0. The van der Waals surface area contributed by atoms with Gasteiger partial charge in [0.15, 0.2) is 0 Å². The van der Waals surface area contributed by atoms with E-state index in [-0.39, 0.29) is 18.6 Å². The molecule has 182 valence electrons. The number of hydrogen-bond acceptors (Lipinski definition) is 5. The monoisotopic (exact) mass is 467 g/mol. The summed E-state index contributed by atoms with van der Waals surface area (Å²) in [6.45, 7) is 8.30. The van der Waals surface area contributed by atoms with E-state index in [1.807, 2.05) is 69.3 Å². The van der Waals surface area contributed by atoms with Crippen LogP contribution in [0.1, 0.15) is 44.2 Å². The third-order valence-electron chi connectivity index (χ3n) is 6.15. The van der Waals surface area contributed by atoms with Gasteiger partial charge in [-0.15, -0.1) is 0 Å². The Balaban J connectivity index is 1.62. The number of nitrogens with zero attached hydrogens (tertiary/aromatic N) is 1. The molecule has 0 bridgehead atoms. The van der Waals surface area contributed by atoms with Gasteiger partial charge in [-0.05, 0) is 42.3 Å². The van der Waals surface area contributed by atoms with Crippen LogP contribution in [-0.2, 0) is 14.3 Å². The summed E-state index contributed by atoms with van der Waals surface area (Å²) in [5.41, 5.74) is 4.36. The number of alkyl carbamates (subject to hydrolysis) is 1. The normalized spacial score (nSPS) is 14.1. The van der Waals surface area contributed by atoms with Crippen LogP contribution in [0.3, 0.4) is 0 Å². The first-order chi connectivity index (χ1) is 16.3. The number of amides is 2. The Labute approximate surface area is 200 Å². The summed E-state index contributed by atoms with van der Waals surface area (Å²) in [6.07, 6.45) is -1.35. The van der Waals surface area contributed by atoms with Crippen LogP contribution in [-0.4, -0.2) is 66.3 Å². The van der Waals surface area contributed by atoms with E-state index in [1.165, 1.54) is 0 Å². The number of benzene rings is 2. The zero-order valence-corrected chi connectivity index (χ0v) is 19.9. The van der Waals surface area contributed by atoms with Crippen molar-refractivity contribution in [3.8, 4) is 11.1 Å². The topological polar surface area (TPSA) is 108 Å². The molecule has 0 spiro atoms. The third-order valence-corrected chi connectivity index (χ3v) is 6.15. The van der Waals surface area contributed by atoms with Gasteiger partial charge >= 0.3 is 12.1 Å². The summed E-state index contributed by atoms with van der Waals surface area (Å²) in [5, 5.41) is 14.5. The highest BCUT2D eigenvalue weighted by molar-refractivity contribution is 5.89. The van der Waals surface area contributed by atoms with Crippen molar-refractivity contribution in [1.29, 1.82) is 0 Å². The second-order valence-corrected chi connectivity index (χ2v) is 8.52. The van der Waals surface area contributed by atoms with Crippen molar-refractivity contribution in [2.75, 3.05) is 26.2 Å². The highest BCUT2D eigenvalue weighted by Gasteiger charge is 2.30. The van der Waals surface area contributed by atoms with Gasteiger partial charge in [0.05, 0.1) is 6.42 Å². The van der Waals surface area contributed by atoms with E-state index in [2.05, 4.69) is 15.5 Å². The summed E-state index contributed by atoms with van der Waals surface area (Å²) in [5.74, 6) is -1.86. The van der Waals surface area contributed by atoms with Gasteiger partial charge in [0.1, 0.15) is 12.6 Å². The van der Waals surface area contributed by atoms with Crippen molar-refractivity contribution in [2.24, 2.45) is 0 Å². The Morgan fingerprint density at radius 1 is 0.971 bits per heavy atom. The van der Waals surface area contributed by atoms with Gasteiger partial charge in [-0.1, -0.05) is 62.4 Å². The lowest BCUT2D eigenvalue weighted by molar-refractivity contribution is -0.140. The van der Waals surface area contributed by atoms with E-state index in [0.717, 1.165) is 35.3 Å². The molecule has 3 N–H and O–H groups in total. The third kappa shape index (κ3) is 6.14. The molecular weight excluding hydrogens is 434 g/mol. The van der Waals surface area contributed by atoms with Crippen LogP contribution in [0.2, 0.25) is 0 Å². The molecule has 0 radical (unpaired) electrons. The molecule has 8 heteroatoms. The number of carboxylic acid groups (broad SMARTS) is 1. The van der Waals surface area contributed by atoms with Crippen LogP contribution in [0, 0.1) is 0 Å². The number of nitrogens with one attached hydrogen (secondary N) is 2. The number of rotatable bonds is 11. The Kier molecular flexibility index (Phi) is 8.65. The van der Waals surface area contributed by atoms with Crippen LogP contribution in [0.5, 0.6) is 0 Å². The summed E-state index contributed by atoms with van der Waals surface area (Å²) in [4.78, 5) is 38.7. The predicted octanol–water partition coefficient (Wildman–Crippen LogP) is 3.21. The van der Waals surface area contributed by atoms with Crippen molar-refractivity contribution < 1.29 is 24.2 Å². The average Bonchev–Trinajstić information content (AvgIpc) is 3.14. The van der Waals surface area contributed by atoms with Crippen LogP contribution >= 0.6 is 0 Å². The SMILES string of the molecule is CCN(CC)CC(C)NC(=O)C(CC(=O)O)NC(=O)OCC1c2ccccc2-c2ccccc21. The standard InChI is InChI=1S/C26H33N3O5/c1-4-29(5-2)15-17(3)27-25(32)23(14-24(30)31)28-26(33)34-16-22-20-12-8-6-10-18(20)19-11-7-9-13-21(19)22/h6-13,17,22-23H,4-5,14-16H2,1-3H3,(H,27,32)(H,28,33)(H,30,31). The van der Waals surface area contributed by atoms with Crippen LogP contribution < -0.4 is 10.6 Å². The smallest absolute Gasteiger partial charge is 0.407 e. The van der Waals surface area contributed by atoms with Crippen molar-refractivity contribution in [1.82, 2.24) is 15.5 Å². The molecular formula is C26H33N3O5. The highest BCUT2D eigenvalue weighted by atomic mass is 16.5. The lowest BCUT2D eigenvalue weighted by Gasteiger charge is -2.25. The van der Waals surface area contributed by atoms with Crippen molar-refractivity contribution in [3.05, 3.63) is 59.7 Å². The zero-order valence-electron chi connectivity index (χ0n) is 19.9. The number of hydrogen-bond donors (Lipinski definition) is 3. The highest BCUT2D eigenvalue weighted by Crippen LogP contribution is 2.44. The summed E-state index contributed by atoms with van der Waals surface area (Å²) in [6, 6.07) is 14.5. The van der Waals surface area contributed by atoms with E-state index < -0.39 is 30.4 Å². The van der Waals surface area contributed by atoms with Crippen LogP contribution in [0.25, 0.3) is 11.1 Å². The predicted molar refractivity (Wildman–Crippen MR) is 130 cm³/mol. The molecule has 0 saturated carbocycles. The number of carbonyl (C=O) groups is 3. The molecule has 1 aliphatic rings. The molecule has 0 saturated heterocycles. The minimum absolute atomic E-state index is 0.0830. The number of carbonyl (C=O) groups excluding carboxylic acids is 2.